The number of methoxy groups -OCH3 is 2. The van der Waals surface area contributed by atoms with Crippen LogP contribution in [-0.2, 0) is 16.0 Å². The van der Waals surface area contributed by atoms with Crippen LogP contribution in [0.25, 0.3) is 16.9 Å². The van der Waals surface area contributed by atoms with E-state index in [1.165, 1.54) is 31.7 Å². The maximum absolute atomic E-state index is 12.8. The first kappa shape index (κ1) is 22.7. The number of para-hydroxylation sites is 1. The molecule has 4 rings (SSSR count). The first-order valence-corrected chi connectivity index (χ1v) is 11.2. The standard InChI is InChI=1S/C26H29N3O4/c1-18-12-14-28(15-13-18)17-19-8-7-9-20(16-19)23-22(25(30)32-2)24(26(31)33-3)29(27-23)21-10-5-4-6-11-21/h4-11,16,18H,12-15,17H2,1-3H3. The number of carbonyl (C=O) groups excluding carboxylic acids is 2. The van der Waals surface area contributed by atoms with Crippen LogP contribution >= 0.6 is 0 Å². The minimum Gasteiger partial charge on any atom is -0.465 e. The van der Waals surface area contributed by atoms with Gasteiger partial charge in [0.15, 0.2) is 5.69 Å². The summed E-state index contributed by atoms with van der Waals surface area (Å²) in [6, 6.07) is 17.2. The Kier molecular flexibility index (Phi) is 6.89. The van der Waals surface area contributed by atoms with E-state index in [0.29, 0.717) is 11.4 Å². The minimum absolute atomic E-state index is 0.0426. The molecule has 0 amide bonds. The zero-order chi connectivity index (χ0) is 23.4. The second-order valence-electron chi connectivity index (χ2n) is 8.46. The number of piperidine rings is 1. The second kappa shape index (κ2) is 10.0. The molecule has 0 bridgehead atoms. The van der Waals surface area contributed by atoms with Crippen LogP contribution in [0.4, 0.5) is 0 Å². The molecular weight excluding hydrogens is 418 g/mol. The summed E-state index contributed by atoms with van der Waals surface area (Å²) in [4.78, 5) is 28.0. The molecule has 172 valence electrons. The quantitative estimate of drug-likeness (QED) is 0.523. The van der Waals surface area contributed by atoms with Gasteiger partial charge in [-0.15, -0.1) is 0 Å². The molecule has 1 fully saturated rings. The zero-order valence-electron chi connectivity index (χ0n) is 19.3. The largest absolute Gasteiger partial charge is 0.465 e. The summed E-state index contributed by atoms with van der Waals surface area (Å²) >= 11 is 0. The molecule has 1 aliphatic rings. The van der Waals surface area contributed by atoms with E-state index in [9.17, 15) is 9.59 Å². The molecule has 0 radical (unpaired) electrons. The normalized spacial score (nSPS) is 14.8. The Morgan fingerprint density at radius 1 is 0.970 bits per heavy atom. The predicted octanol–water partition coefficient (Wildman–Crippen LogP) is 4.34. The highest BCUT2D eigenvalue weighted by Crippen LogP contribution is 2.30. The summed E-state index contributed by atoms with van der Waals surface area (Å²) in [7, 11) is 2.58. The van der Waals surface area contributed by atoms with Crippen molar-refractivity contribution in [3.8, 4) is 16.9 Å². The molecule has 7 nitrogen and oxygen atoms in total. The Balaban J connectivity index is 1.79. The van der Waals surface area contributed by atoms with Crippen molar-refractivity contribution < 1.29 is 19.1 Å². The summed E-state index contributed by atoms with van der Waals surface area (Å²) in [6.45, 7) is 5.29. The molecule has 0 spiro atoms. The topological polar surface area (TPSA) is 73.7 Å². The highest BCUT2D eigenvalue weighted by molar-refractivity contribution is 6.06. The summed E-state index contributed by atoms with van der Waals surface area (Å²) in [6.07, 6.45) is 2.41. The van der Waals surface area contributed by atoms with E-state index >= 15 is 0 Å². The monoisotopic (exact) mass is 447 g/mol. The summed E-state index contributed by atoms with van der Waals surface area (Å²) in [5.41, 5.74) is 3.05. The fourth-order valence-electron chi connectivity index (χ4n) is 4.25. The lowest BCUT2D eigenvalue weighted by Crippen LogP contribution is -2.32. The maximum Gasteiger partial charge on any atom is 0.357 e. The number of rotatable bonds is 6. The van der Waals surface area contributed by atoms with Crippen molar-refractivity contribution in [3.63, 3.8) is 0 Å². The Labute approximate surface area is 193 Å². The molecular formula is C26H29N3O4. The SMILES string of the molecule is COC(=O)c1c(-c2cccc(CN3CCC(C)CC3)c2)nn(-c2ccccc2)c1C(=O)OC. The van der Waals surface area contributed by atoms with E-state index in [2.05, 4.69) is 23.0 Å². The van der Waals surface area contributed by atoms with Gasteiger partial charge in [0, 0.05) is 12.1 Å². The van der Waals surface area contributed by atoms with E-state index in [4.69, 9.17) is 9.47 Å². The van der Waals surface area contributed by atoms with Crippen LogP contribution in [0.5, 0.6) is 0 Å². The molecule has 33 heavy (non-hydrogen) atoms. The van der Waals surface area contributed by atoms with Gasteiger partial charge >= 0.3 is 11.9 Å². The lowest BCUT2D eigenvalue weighted by Gasteiger charge is -2.30. The van der Waals surface area contributed by atoms with Crippen molar-refractivity contribution in [1.82, 2.24) is 14.7 Å². The van der Waals surface area contributed by atoms with Gasteiger partial charge < -0.3 is 9.47 Å². The number of aromatic nitrogens is 2. The van der Waals surface area contributed by atoms with Gasteiger partial charge in [-0.3, -0.25) is 4.90 Å². The van der Waals surface area contributed by atoms with Crippen molar-refractivity contribution in [2.24, 2.45) is 5.92 Å². The Bertz CT molecular complexity index is 1130. The van der Waals surface area contributed by atoms with Crippen molar-refractivity contribution >= 4 is 11.9 Å². The number of hydrogen-bond acceptors (Lipinski definition) is 6. The average Bonchev–Trinajstić information content (AvgIpc) is 3.26. The molecule has 1 aromatic heterocycles. The first-order valence-electron chi connectivity index (χ1n) is 11.2. The van der Waals surface area contributed by atoms with Gasteiger partial charge in [0.25, 0.3) is 0 Å². The lowest BCUT2D eigenvalue weighted by molar-refractivity contribution is 0.0549. The summed E-state index contributed by atoms with van der Waals surface area (Å²) in [5, 5.41) is 4.69. The maximum atomic E-state index is 12.8. The highest BCUT2D eigenvalue weighted by Gasteiger charge is 2.31. The number of ether oxygens (including phenoxy) is 2. The second-order valence-corrected chi connectivity index (χ2v) is 8.46. The first-order chi connectivity index (χ1) is 16.0. The van der Waals surface area contributed by atoms with E-state index in [1.807, 2.05) is 48.5 Å². The van der Waals surface area contributed by atoms with Gasteiger partial charge in [0.05, 0.1) is 19.9 Å². The molecule has 0 saturated carbocycles. The van der Waals surface area contributed by atoms with E-state index in [0.717, 1.165) is 36.7 Å². The third kappa shape index (κ3) is 4.83. The van der Waals surface area contributed by atoms with Crippen molar-refractivity contribution in [3.05, 3.63) is 71.4 Å². The minimum atomic E-state index is -0.656. The Morgan fingerprint density at radius 3 is 2.33 bits per heavy atom. The molecule has 0 N–H and O–H groups in total. The van der Waals surface area contributed by atoms with Gasteiger partial charge in [-0.1, -0.05) is 43.3 Å². The van der Waals surface area contributed by atoms with Crippen molar-refractivity contribution in [2.45, 2.75) is 26.3 Å². The fourth-order valence-corrected chi connectivity index (χ4v) is 4.25. The fraction of sp³-hybridized carbons (Fsp3) is 0.346. The smallest absolute Gasteiger partial charge is 0.357 e. The van der Waals surface area contributed by atoms with Crippen LogP contribution in [0.1, 0.15) is 46.2 Å². The molecule has 1 aliphatic heterocycles. The third-order valence-electron chi connectivity index (χ3n) is 6.14. The average molecular weight is 448 g/mol. The van der Waals surface area contributed by atoms with Gasteiger partial charge in [-0.25, -0.2) is 14.3 Å². The molecule has 2 heterocycles. The van der Waals surface area contributed by atoms with Crippen LogP contribution in [0.3, 0.4) is 0 Å². The number of carbonyl (C=O) groups is 2. The summed E-state index contributed by atoms with van der Waals surface area (Å²) in [5.74, 6) is -0.520. The van der Waals surface area contributed by atoms with Crippen LogP contribution in [0.2, 0.25) is 0 Å². The molecule has 1 saturated heterocycles. The van der Waals surface area contributed by atoms with E-state index in [1.54, 1.807) is 0 Å². The highest BCUT2D eigenvalue weighted by atomic mass is 16.5. The van der Waals surface area contributed by atoms with Crippen LogP contribution in [0.15, 0.2) is 54.6 Å². The molecule has 3 aromatic rings. The number of nitrogens with zero attached hydrogens (tertiary/aromatic N) is 3. The number of benzene rings is 2. The van der Waals surface area contributed by atoms with Gasteiger partial charge in [-0.05, 0) is 55.6 Å². The van der Waals surface area contributed by atoms with E-state index < -0.39 is 11.9 Å². The van der Waals surface area contributed by atoms with Crippen LogP contribution < -0.4 is 0 Å². The lowest BCUT2D eigenvalue weighted by atomic mass is 9.98. The molecule has 2 aromatic carbocycles. The van der Waals surface area contributed by atoms with Crippen molar-refractivity contribution in [1.29, 1.82) is 0 Å². The van der Waals surface area contributed by atoms with Crippen molar-refractivity contribution in [2.75, 3.05) is 27.3 Å². The Morgan fingerprint density at radius 2 is 1.67 bits per heavy atom. The van der Waals surface area contributed by atoms with Gasteiger partial charge in [0.1, 0.15) is 11.3 Å². The predicted molar refractivity (Wildman–Crippen MR) is 125 cm³/mol. The Hall–Kier alpha value is -3.45. The number of esters is 2. The van der Waals surface area contributed by atoms with Gasteiger partial charge in [0.2, 0.25) is 0 Å². The van der Waals surface area contributed by atoms with E-state index in [-0.39, 0.29) is 11.3 Å². The van der Waals surface area contributed by atoms with Crippen LogP contribution in [-0.4, -0.2) is 53.9 Å². The number of likely N-dealkylation sites (tertiary alicyclic amines) is 1. The molecule has 7 heteroatoms. The van der Waals surface area contributed by atoms with Crippen LogP contribution in [0, 0.1) is 5.92 Å². The molecule has 0 atom stereocenters. The molecule has 0 unspecified atom stereocenters. The van der Waals surface area contributed by atoms with Gasteiger partial charge in [-0.2, -0.15) is 5.10 Å². The molecule has 0 aliphatic carbocycles. The zero-order valence-corrected chi connectivity index (χ0v) is 19.3. The summed E-state index contributed by atoms with van der Waals surface area (Å²) < 4.78 is 11.5. The number of hydrogen-bond donors (Lipinski definition) is 0. The third-order valence-corrected chi connectivity index (χ3v) is 6.14.